The highest BCUT2D eigenvalue weighted by Crippen LogP contribution is 2.17. The number of hydrogen-bond acceptors (Lipinski definition) is 1. The Morgan fingerprint density at radius 2 is 1.92 bits per heavy atom. The Labute approximate surface area is 80.7 Å². The van der Waals surface area contributed by atoms with Crippen LogP contribution in [0.25, 0.3) is 0 Å². The van der Waals surface area contributed by atoms with E-state index in [2.05, 4.69) is 37.3 Å². The second-order valence-corrected chi connectivity index (χ2v) is 3.30. The lowest BCUT2D eigenvalue weighted by molar-refractivity contribution is 0.141. The molecular formula is C12H18O. The van der Waals surface area contributed by atoms with Gasteiger partial charge in [0.2, 0.25) is 0 Å². The van der Waals surface area contributed by atoms with Crippen molar-refractivity contribution in [1.29, 1.82) is 0 Å². The molecule has 0 aromatic heterocycles. The van der Waals surface area contributed by atoms with Gasteiger partial charge in [0.1, 0.15) is 0 Å². The van der Waals surface area contributed by atoms with Gasteiger partial charge < -0.3 is 4.74 Å². The van der Waals surface area contributed by atoms with E-state index in [1.165, 1.54) is 5.56 Å². The normalized spacial score (nSPS) is 12.8. The topological polar surface area (TPSA) is 9.23 Å². The molecule has 0 aliphatic heterocycles. The highest BCUT2D eigenvalue weighted by atomic mass is 16.5. The Bertz CT molecular complexity index is 218. The average molecular weight is 178 g/mol. The predicted octanol–water partition coefficient (Wildman–Crippen LogP) is 3.22. The Morgan fingerprint density at radius 3 is 2.54 bits per heavy atom. The summed E-state index contributed by atoms with van der Waals surface area (Å²) < 4.78 is 5.33. The van der Waals surface area contributed by atoms with E-state index in [0.29, 0.717) is 5.92 Å². The third kappa shape index (κ3) is 3.60. The van der Waals surface area contributed by atoms with Crippen LogP contribution in [0.1, 0.15) is 31.7 Å². The molecule has 0 saturated carbocycles. The lowest BCUT2D eigenvalue weighted by Crippen LogP contribution is -2.00. The second kappa shape index (κ2) is 5.76. The molecule has 0 fully saturated rings. The van der Waals surface area contributed by atoms with Gasteiger partial charge in [-0.3, -0.25) is 0 Å². The van der Waals surface area contributed by atoms with Gasteiger partial charge in [-0.25, -0.2) is 0 Å². The highest BCUT2D eigenvalue weighted by molar-refractivity contribution is 5.18. The van der Waals surface area contributed by atoms with E-state index in [-0.39, 0.29) is 0 Å². The molecule has 0 aliphatic rings. The number of hydrogen-bond donors (Lipinski definition) is 0. The molecule has 1 atom stereocenters. The first kappa shape index (κ1) is 10.3. The molecule has 0 aliphatic carbocycles. The van der Waals surface area contributed by atoms with Crippen molar-refractivity contribution in [2.75, 3.05) is 13.2 Å². The maximum absolute atomic E-state index is 5.33. The Morgan fingerprint density at radius 1 is 1.23 bits per heavy atom. The molecule has 0 N–H and O–H groups in total. The Hall–Kier alpha value is -0.820. The summed E-state index contributed by atoms with van der Waals surface area (Å²) >= 11 is 0. The summed E-state index contributed by atoms with van der Waals surface area (Å²) in [6.45, 7) is 5.97. The van der Waals surface area contributed by atoms with Crippen molar-refractivity contribution < 1.29 is 4.74 Å². The molecule has 0 radical (unpaired) electrons. The molecule has 0 heterocycles. The van der Waals surface area contributed by atoms with Crippen LogP contribution in [0, 0.1) is 0 Å². The van der Waals surface area contributed by atoms with Crippen LogP contribution in [0.5, 0.6) is 0 Å². The zero-order chi connectivity index (χ0) is 9.52. The van der Waals surface area contributed by atoms with Gasteiger partial charge in [-0.05, 0) is 24.8 Å². The molecular weight excluding hydrogens is 160 g/mol. The molecule has 1 nitrogen and oxygen atoms in total. The van der Waals surface area contributed by atoms with Gasteiger partial charge in [0, 0.05) is 13.2 Å². The molecule has 0 amide bonds. The first-order valence-corrected chi connectivity index (χ1v) is 4.97. The van der Waals surface area contributed by atoms with Gasteiger partial charge in [0.15, 0.2) is 0 Å². The van der Waals surface area contributed by atoms with E-state index >= 15 is 0 Å². The fourth-order valence-electron chi connectivity index (χ4n) is 1.35. The van der Waals surface area contributed by atoms with Crippen LogP contribution >= 0.6 is 0 Å². The SMILES string of the molecule is CCOCC[C@@H](C)c1ccccc1. The van der Waals surface area contributed by atoms with Gasteiger partial charge in [0.25, 0.3) is 0 Å². The van der Waals surface area contributed by atoms with Gasteiger partial charge in [-0.2, -0.15) is 0 Å². The fourth-order valence-corrected chi connectivity index (χ4v) is 1.35. The minimum absolute atomic E-state index is 0.604. The molecule has 0 unspecified atom stereocenters. The number of ether oxygens (including phenoxy) is 1. The first-order valence-electron chi connectivity index (χ1n) is 4.97. The monoisotopic (exact) mass is 178 g/mol. The van der Waals surface area contributed by atoms with Crippen molar-refractivity contribution in [2.45, 2.75) is 26.2 Å². The third-order valence-electron chi connectivity index (χ3n) is 2.27. The molecule has 72 valence electrons. The maximum Gasteiger partial charge on any atom is 0.0471 e. The quantitative estimate of drug-likeness (QED) is 0.629. The number of rotatable bonds is 5. The standard InChI is InChI=1S/C12H18O/c1-3-13-10-9-11(2)12-7-5-4-6-8-12/h4-8,11H,3,9-10H2,1-2H3/t11-/m1/s1. The lowest BCUT2D eigenvalue weighted by atomic mass is 9.98. The fraction of sp³-hybridized carbons (Fsp3) is 0.500. The van der Waals surface area contributed by atoms with E-state index in [9.17, 15) is 0 Å². The number of benzene rings is 1. The molecule has 0 bridgehead atoms. The second-order valence-electron chi connectivity index (χ2n) is 3.30. The van der Waals surface area contributed by atoms with E-state index in [1.807, 2.05) is 6.92 Å². The zero-order valence-electron chi connectivity index (χ0n) is 8.49. The largest absolute Gasteiger partial charge is 0.382 e. The minimum Gasteiger partial charge on any atom is -0.382 e. The Kier molecular flexibility index (Phi) is 4.55. The molecule has 13 heavy (non-hydrogen) atoms. The Balaban J connectivity index is 2.35. The summed E-state index contributed by atoms with van der Waals surface area (Å²) in [6, 6.07) is 10.6. The van der Waals surface area contributed by atoms with Gasteiger partial charge in [0.05, 0.1) is 0 Å². The maximum atomic E-state index is 5.33. The summed E-state index contributed by atoms with van der Waals surface area (Å²) in [4.78, 5) is 0. The van der Waals surface area contributed by atoms with E-state index in [0.717, 1.165) is 19.6 Å². The van der Waals surface area contributed by atoms with Crippen molar-refractivity contribution >= 4 is 0 Å². The molecule has 1 rings (SSSR count). The summed E-state index contributed by atoms with van der Waals surface area (Å²) in [6.07, 6.45) is 1.11. The molecule has 0 spiro atoms. The summed E-state index contributed by atoms with van der Waals surface area (Å²) in [5, 5.41) is 0. The highest BCUT2D eigenvalue weighted by Gasteiger charge is 2.03. The smallest absolute Gasteiger partial charge is 0.0471 e. The van der Waals surface area contributed by atoms with Crippen LogP contribution in [-0.4, -0.2) is 13.2 Å². The van der Waals surface area contributed by atoms with Crippen molar-refractivity contribution in [3.05, 3.63) is 35.9 Å². The van der Waals surface area contributed by atoms with Crippen molar-refractivity contribution in [3.8, 4) is 0 Å². The van der Waals surface area contributed by atoms with Crippen LogP contribution in [0.4, 0.5) is 0 Å². The molecule has 1 aromatic carbocycles. The lowest BCUT2D eigenvalue weighted by Gasteiger charge is -2.10. The van der Waals surface area contributed by atoms with E-state index in [4.69, 9.17) is 4.74 Å². The summed E-state index contributed by atoms with van der Waals surface area (Å²) in [7, 11) is 0. The van der Waals surface area contributed by atoms with Gasteiger partial charge >= 0.3 is 0 Å². The van der Waals surface area contributed by atoms with E-state index in [1.54, 1.807) is 0 Å². The molecule has 0 saturated heterocycles. The third-order valence-corrected chi connectivity index (χ3v) is 2.27. The minimum atomic E-state index is 0.604. The van der Waals surface area contributed by atoms with Crippen molar-refractivity contribution in [1.82, 2.24) is 0 Å². The van der Waals surface area contributed by atoms with Crippen LogP contribution in [0.2, 0.25) is 0 Å². The van der Waals surface area contributed by atoms with E-state index < -0.39 is 0 Å². The molecule has 1 heteroatoms. The predicted molar refractivity (Wildman–Crippen MR) is 56.0 cm³/mol. The average Bonchev–Trinajstić information content (AvgIpc) is 2.19. The summed E-state index contributed by atoms with van der Waals surface area (Å²) in [5.41, 5.74) is 1.40. The zero-order valence-corrected chi connectivity index (χ0v) is 8.49. The van der Waals surface area contributed by atoms with Gasteiger partial charge in [-0.1, -0.05) is 37.3 Å². The van der Waals surface area contributed by atoms with Crippen molar-refractivity contribution in [2.24, 2.45) is 0 Å². The summed E-state index contributed by atoms with van der Waals surface area (Å²) in [5.74, 6) is 0.604. The van der Waals surface area contributed by atoms with Crippen molar-refractivity contribution in [3.63, 3.8) is 0 Å². The van der Waals surface area contributed by atoms with Crippen LogP contribution < -0.4 is 0 Å². The first-order chi connectivity index (χ1) is 6.34. The van der Waals surface area contributed by atoms with Crippen LogP contribution in [0.3, 0.4) is 0 Å². The molecule has 1 aromatic rings. The van der Waals surface area contributed by atoms with Crippen LogP contribution in [-0.2, 0) is 4.74 Å². The van der Waals surface area contributed by atoms with Crippen LogP contribution in [0.15, 0.2) is 30.3 Å². The van der Waals surface area contributed by atoms with Gasteiger partial charge in [-0.15, -0.1) is 0 Å².